The van der Waals surface area contributed by atoms with Gasteiger partial charge in [0.05, 0.1) is 36.9 Å². The zero-order valence-electron chi connectivity index (χ0n) is 11.7. The molecule has 2 atom stereocenters. The molecule has 1 heterocycles. The minimum atomic E-state index is -2.89. The summed E-state index contributed by atoms with van der Waals surface area (Å²) in [5, 5.41) is 9.88. The van der Waals surface area contributed by atoms with E-state index in [1.807, 2.05) is 11.8 Å². The average Bonchev–Trinajstić information content (AvgIpc) is 2.49. The van der Waals surface area contributed by atoms with Gasteiger partial charge in [-0.05, 0) is 19.9 Å². The van der Waals surface area contributed by atoms with Gasteiger partial charge in [-0.2, -0.15) is 0 Å². The van der Waals surface area contributed by atoms with Crippen LogP contribution in [0.3, 0.4) is 0 Å². The number of nitrogens with zero attached hydrogens (tertiary/aromatic N) is 1. The van der Waals surface area contributed by atoms with Crippen molar-refractivity contribution in [1.29, 1.82) is 0 Å². The fourth-order valence-corrected chi connectivity index (χ4v) is 3.39. The molecule has 1 saturated heterocycles. The molecule has 1 N–H and O–H groups in total. The van der Waals surface area contributed by atoms with Crippen molar-refractivity contribution in [2.24, 2.45) is 0 Å². The number of methoxy groups -OCH3 is 1. The molecule has 7 heteroatoms. The van der Waals surface area contributed by atoms with Gasteiger partial charge in [0.2, 0.25) is 0 Å². The second-order valence-electron chi connectivity index (χ2n) is 5.06. The van der Waals surface area contributed by atoms with Crippen molar-refractivity contribution in [3.8, 4) is 0 Å². The van der Waals surface area contributed by atoms with E-state index >= 15 is 0 Å². The van der Waals surface area contributed by atoms with Gasteiger partial charge in [-0.25, -0.2) is 8.42 Å². The van der Waals surface area contributed by atoms with Gasteiger partial charge in [-0.15, -0.1) is 0 Å². The van der Waals surface area contributed by atoms with E-state index < -0.39 is 15.9 Å². The van der Waals surface area contributed by atoms with Crippen molar-refractivity contribution < 1.29 is 23.0 Å². The first-order valence-electron chi connectivity index (χ1n) is 6.64. The Balaban J connectivity index is 2.26. The van der Waals surface area contributed by atoms with Crippen molar-refractivity contribution in [2.45, 2.75) is 25.6 Å². The lowest BCUT2D eigenvalue weighted by Crippen LogP contribution is -2.37. The first kappa shape index (κ1) is 16.8. The normalized spacial score (nSPS) is 23.7. The van der Waals surface area contributed by atoms with Crippen molar-refractivity contribution >= 4 is 9.84 Å². The molecular formula is C12H25NO5S. The maximum Gasteiger partial charge on any atom is 0.151 e. The monoisotopic (exact) mass is 295 g/mol. The third kappa shape index (κ3) is 7.22. The summed E-state index contributed by atoms with van der Waals surface area (Å²) in [5.74, 6) is 0.432. The Morgan fingerprint density at radius 3 is 2.68 bits per heavy atom. The van der Waals surface area contributed by atoms with E-state index in [2.05, 4.69) is 0 Å². The molecule has 1 aliphatic rings. The van der Waals surface area contributed by atoms with Crippen LogP contribution in [0, 0.1) is 0 Å². The summed E-state index contributed by atoms with van der Waals surface area (Å²) in [7, 11) is -1.29. The van der Waals surface area contributed by atoms with Gasteiger partial charge < -0.3 is 14.6 Å². The van der Waals surface area contributed by atoms with Crippen LogP contribution < -0.4 is 0 Å². The fourth-order valence-electron chi connectivity index (χ4n) is 2.08. The molecule has 0 saturated carbocycles. The van der Waals surface area contributed by atoms with Crippen molar-refractivity contribution in [3.05, 3.63) is 0 Å². The highest BCUT2D eigenvalue weighted by Crippen LogP contribution is 2.06. The molecule has 19 heavy (non-hydrogen) atoms. The Hall–Kier alpha value is -0.210. The average molecular weight is 295 g/mol. The highest BCUT2D eigenvalue weighted by atomic mass is 32.2. The molecule has 0 aromatic heterocycles. The fraction of sp³-hybridized carbons (Fsp3) is 1.00. The van der Waals surface area contributed by atoms with Crippen LogP contribution in [-0.2, 0) is 19.3 Å². The molecule has 0 aliphatic carbocycles. The molecule has 1 rings (SSSR count). The molecule has 0 aromatic rings. The smallest absolute Gasteiger partial charge is 0.151 e. The minimum absolute atomic E-state index is 0.0517. The molecule has 0 amide bonds. The number of aliphatic hydroxyl groups excluding tert-OH is 1. The highest BCUT2D eigenvalue weighted by Gasteiger charge is 2.21. The Morgan fingerprint density at radius 1 is 1.26 bits per heavy atom. The molecule has 0 spiro atoms. The van der Waals surface area contributed by atoms with Crippen molar-refractivity contribution in [2.75, 3.05) is 51.5 Å². The second-order valence-corrected chi connectivity index (χ2v) is 7.36. The van der Waals surface area contributed by atoms with E-state index in [0.717, 1.165) is 0 Å². The lowest BCUT2D eigenvalue weighted by molar-refractivity contribution is -0.0392. The molecule has 0 radical (unpaired) electrons. The molecule has 2 unspecified atom stereocenters. The van der Waals surface area contributed by atoms with Crippen LogP contribution in [-0.4, -0.2) is 82.1 Å². The van der Waals surface area contributed by atoms with Gasteiger partial charge in [0.25, 0.3) is 0 Å². The van der Waals surface area contributed by atoms with E-state index in [4.69, 9.17) is 9.47 Å². The first-order chi connectivity index (χ1) is 8.93. The zero-order chi connectivity index (χ0) is 14.3. The number of hydrogen-bond donors (Lipinski definition) is 1. The van der Waals surface area contributed by atoms with Crippen molar-refractivity contribution in [1.82, 2.24) is 4.90 Å². The van der Waals surface area contributed by atoms with Crippen molar-refractivity contribution in [3.63, 3.8) is 0 Å². The summed E-state index contributed by atoms with van der Waals surface area (Å²) < 4.78 is 33.3. The number of aliphatic hydroxyl groups is 1. The summed E-state index contributed by atoms with van der Waals surface area (Å²) in [6.07, 6.45) is -0.0139. The van der Waals surface area contributed by atoms with Crippen LogP contribution in [0.1, 0.15) is 13.3 Å². The second kappa shape index (κ2) is 8.16. The topological polar surface area (TPSA) is 76.1 Å². The van der Waals surface area contributed by atoms with Gasteiger partial charge in [0.1, 0.15) is 0 Å². The molecule has 0 aromatic carbocycles. The number of hydrogen-bond acceptors (Lipinski definition) is 6. The summed E-state index contributed by atoms with van der Waals surface area (Å²) >= 11 is 0. The minimum Gasteiger partial charge on any atom is -0.389 e. The van der Waals surface area contributed by atoms with E-state index in [1.165, 1.54) is 0 Å². The molecular weight excluding hydrogens is 270 g/mol. The number of sulfone groups is 1. The lowest BCUT2D eigenvalue weighted by Gasteiger charge is -2.23. The van der Waals surface area contributed by atoms with E-state index in [-0.39, 0.29) is 24.2 Å². The predicted octanol–water partition coefficient (Wildman–Crippen LogP) is -0.481. The Morgan fingerprint density at radius 2 is 2.00 bits per heavy atom. The standard InChI is InChI=1S/C12H25NO5S/c1-11(9-17-2)18-10-12(14)8-13-4-3-6-19(15,16)7-5-13/h11-12,14H,3-10H2,1-2H3. The summed E-state index contributed by atoms with van der Waals surface area (Å²) in [5.41, 5.74) is 0. The molecule has 1 fully saturated rings. The quantitative estimate of drug-likeness (QED) is 0.684. The largest absolute Gasteiger partial charge is 0.389 e. The summed E-state index contributed by atoms with van der Waals surface area (Å²) in [6.45, 7) is 4.28. The van der Waals surface area contributed by atoms with Crippen LogP contribution in [0.2, 0.25) is 0 Å². The Bertz CT molecular complexity index is 346. The maximum atomic E-state index is 11.5. The van der Waals surface area contributed by atoms with Gasteiger partial charge in [-0.1, -0.05) is 0 Å². The van der Waals surface area contributed by atoms with Crippen LogP contribution in [0.4, 0.5) is 0 Å². The number of β-amino-alcohol motifs (C(OH)–C–C–N with tert-alkyl or cyclic N) is 1. The van der Waals surface area contributed by atoms with Crippen LogP contribution in [0.15, 0.2) is 0 Å². The van der Waals surface area contributed by atoms with E-state index in [1.54, 1.807) is 7.11 Å². The van der Waals surface area contributed by atoms with Gasteiger partial charge >= 0.3 is 0 Å². The molecule has 0 bridgehead atoms. The Labute approximate surface area is 115 Å². The van der Waals surface area contributed by atoms with Crippen LogP contribution in [0.5, 0.6) is 0 Å². The molecule has 114 valence electrons. The number of rotatable bonds is 7. The van der Waals surface area contributed by atoms with Crippen LogP contribution in [0.25, 0.3) is 0 Å². The third-order valence-corrected chi connectivity index (χ3v) is 4.81. The third-order valence-electron chi connectivity index (χ3n) is 3.09. The molecule has 6 nitrogen and oxygen atoms in total. The predicted molar refractivity (Wildman–Crippen MR) is 73.0 cm³/mol. The SMILES string of the molecule is COCC(C)OCC(O)CN1CCCS(=O)(=O)CC1. The number of ether oxygens (including phenoxy) is 2. The van der Waals surface area contributed by atoms with Gasteiger partial charge in [0.15, 0.2) is 9.84 Å². The van der Waals surface area contributed by atoms with E-state index in [9.17, 15) is 13.5 Å². The lowest BCUT2D eigenvalue weighted by atomic mass is 10.3. The first-order valence-corrected chi connectivity index (χ1v) is 8.46. The summed E-state index contributed by atoms with van der Waals surface area (Å²) in [4.78, 5) is 1.99. The zero-order valence-corrected chi connectivity index (χ0v) is 12.6. The van der Waals surface area contributed by atoms with Crippen LogP contribution >= 0.6 is 0 Å². The highest BCUT2D eigenvalue weighted by molar-refractivity contribution is 7.91. The van der Waals surface area contributed by atoms with Gasteiger partial charge in [-0.3, -0.25) is 4.90 Å². The van der Waals surface area contributed by atoms with Gasteiger partial charge in [0, 0.05) is 20.2 Å². The van der Waals surface area contributed by atoms with E-state index in [0.29, 0.717) is 32.7 Å². The maximum absolute atomic E-state index is 11.5. The summed E-state index contributed by atoms with van der Waals surface area (Å²) in [6, 6.07) is 0. The Kier molecular flexibility index (Phi) is 7.23. The molecule has 1 aliphatic heterocycles.